The number of carbonyl (C=O) groups excluding carboxylic acids is 2. The van der Waals surface area contributed by atoms with E-state index in [1.54, 1.807) is 11.9 Å². The number of halogens is 1. The van der Waals surface area contributed by atoms with E-state index in [9.17, 15) is 9.59 Å². The van der Waals surface area contributed by atoms with Crippen LogP contribution in [0, 0.1) is 0 Å². The van der Waals surface area contributed by atoms with Crippen LogP contribution in [0.2, 0.25) is 5.02 Å². The van der Waals surface area contributed by atoms with E-state index in [0.717, 1.165) is 29.7 Å². The molecule has 3 rings (SSSR count). The van der Waals surface area contributed by atoms with Gasteiger partial charge in [-0.25, -0.2) is 4.79 Å². The molecule has 1 heterocycles. The average Bonchev–Trinajstić information content (AvgIpc) is 3.05. The van der Waals surface area contributed by atoms with E-state index >= 15 is 0 Å². The van der Waals surface area contributed by atoms with Crippen LogP contribution < -0.4 is 5.32 Å². The van der Waals surface area contributed by atoms with Gasteiger partial charge in [0.1, 0.15) is 0 Å². The standard InChI is InChI=1S/C21H24ClN3O2/c1-24(14-16-6-4-9-19(22)12-16)21(27)23-13-17-7-2-3-8-18(17)15-25-11-5-10-20(25)26/h2-4,6-9,12H,5,10-11,13-15H2,1H3,(H,23,27). The number of benzene rings is 2. The Hall–Kier alpha value is -2.53. The third-order valence-electron chi connectivity index (χ3n) is 4.74. The van der Waals surface area contributed by atoms with Crippen molar-refractivity contribution in [3.63, 3.8) is 0 Å². The maximum Gasteiger partial charge on any atom is 0.317 e. The van der Waals surface area contributed by atoms with Gasteiger partial charge in [0.15, 0.2) is 0 Å². The number of nitrogens with zero attached hydrogens (tertiary/aromatic N) is 2. The predicted octanol–water partition coefficient (Wildman–Crippen LogP) is 3.80. The summed E-state index contributed by atoms with van der Waals surface area (Å²) in [6.45, 7) is 2.32. The van der Waals surface area contributed by atoms with Crippen molar-refractivity contribution in [2.45, 2.75) is 32.5 Å². The molecule has 0 atom stereocenters. The zero-order valence-electron chi connectivity index (χ0n) is 15.5. The van der Waals surface area contributed by atoms with Crippen LogP contribution in [0.5, 0.6) is 0 Å². The van der Waals surface area contributed by atoms with E-state index in [-0.39, 0.29) is 11.9 Å². The molecule has 1 aliphatic rings. The molecule has 2 aromatic carbocycles. The lowest BCUT2D eigenvalue weighted by atomic mass is 10.1. The van der Waals surface area contributed by atoms with Crippen LogP contribution in [-0.2, 0) is 24.4 Å². The van der Waals surface area contributed by atoms with E-state index in [1.807, 2.05) is 53.4 Å². The lowest BCUT2D eigenvalue weighted by Gasteiger charge is -2.20. The summed E-state index contributed by atoms with van der Waals surface area (Å²) in [6.07, 6.45) is 1.55. The van der Waals surface area contributed by atoms with E-state index in [2.05, 4.69) is 5.32 Å². The molecule has 0 bridgehead atoms. The number of likely N-dealkylation sites (tertiary alicyclic amines) is 1. The van der Waals surface area contributed by atoms with E-state index < -0.39 is 0 Å². The van der Waals surface area contributed by atoms with Crippen LogP contribution in [0.25, 0.3) is 0 Å². The summed E-state index contributed by atoms with van der Waals surface area (Å²) in [6, 6.07) is 15.3. The third-order valence-corrected chi connectivity index (χ3v) is 4.97. The van der Waals surface area contributed by atoms with Crippen LogP contribution >= 0.6 is 11.6 Å². The Morgan fingerprint density at radius 3 is 2.67 bits per heavy atom. The number of urea groups is 1. The Bertz CT molecular complexity index is 825. The minimum atomic E-state index is -0.151. The predicted molar refractivity (Wildman–Crippen MR) is 106 cm³/mol. The third kappa shape index (κ3) is 5.23. The van der Waals surface area contributed by atoms with Gasteiger partial charge in [-0.3, -0.25) is 4.79 Å². The SMILES string of the molecule is CN(Cc1cccc(Cl)c1)C(=O)NCc1ccccc1CN1CCCC1=O. The van der Waals surface area contributed by atoms with Crippen molar-refractivity contribution in [3.05, 3.63) is 70.2 Å². The summed E-state index contributed by atoms with van der Waals surface area (Å²) in [7, 11) is 1.76. The molecule has 5 nitrogen and oxygen atoms in total. The highest BCUT2D eigenvalue weighted by molar-refractivity contribution is 6.30. The number of amides is 3. The van der Waals surface area contributed by atoms with Gasteiger partial charge < -0.3 is 15.1 Å². The maximum absolute atomic E-state index is 12.4. The molecule has 27 heavy (non-hydrogen) atoms. The molecule has 1 N–H and O–H groups in total. The number of rotatable bonds is 6. The second kappa shape index (κ2) is 8.91. The van der Waals surface area contributed by atoms with E-state index in [0.29, 0.717) is 31.1 Å². The Kier molecular flexibility index (Phi) is 6.35. The number of carbonyl (C=O) groups is 2. The van der Waals surface area contributed by atoms with Gasteiger partial charge in [-0.1, -0.05) is 48.0 Å². The van der Waals surface area contributed by atoms with E-state index in [1.165, 1.54) is 0 Å². The molecule has 1 saturated heterocycles. The molecule has 1 aliphatic heterocycles. The first kappa shape index (κ1) is 19.2. The van der Waals surface area contributed by atoms with Gasteiger partial charge in [-0.2, -0.15) is 0 Å². The monoisotopic (exact) mass is 385 g/mol. The van der Waals surface area contributed by atoms with Crippen molar-refractivity contribution in [1.82, 2.24) is 15.1 Å². The van der Waals surface area contributed by atoms with Gasteiger partial charge in [0.2, 0.25) is 5.91 Å². The largest absolute Gasteiger partial charge is 0.338 e. The normalized spacial score (nSPS) is 13.7. The van der Waals surface area contributed by atoms with Gasteiger partial charge in [-0.05, 0) is 35.2 Å². The molecule has 0 aromatic heterocycles. The smallest absolute Gasteiger partial charge is 0.317 e. The van der Waals surface area contributed by atoms with E-state index in [4.69, 9.17) is 11.6 Å². The molecule has 0 saturated carbocycles. The Morgan fingerprint density at radius 1 is 1.19 bits per heavy atom. The average molecular weight is 386 g/mol. The summed E-state index contributed by atoms with van der Waals surface area (Å²) in [4.78, 5) is 27.8. The zero-order chi connectivity index (χ0) is 19.2. The maximum atomic E-state index is 12.4. The van der Waals surface area contributed by atoms with Gasteiger partial charge in [0, 0.05) is 44.7 Å². The van der Waals surface area contributed by atoms with Crippen molar-refractivity contribution < 1.29 is 9.59 Å². The lowest BCUT2D eigenvalue weighted by molar-refractivity contribution is -0.128. The fraction of sp³-hybridized carbons (Fsp3) is 0.333. The van der Waals surface area contributed by atoms with Crippen molar-refractivity contribution in [1.29, 1.82) is 0 Å². The zero-order valence-corrected chi connectivity index (χ0v) is 16.2. The van der Waals surface area contributed by atoms with Crippen molar-refractivity contribution >= 4 is 23.5 Å². The van der Waals surface area contributed by atoms with Gasteiger partial charge >= 0.3 is 6.03 Å². The van der Waals surface area contributed by atoms with Gasteiger partial charge in [0.25, 0.3) is 0 Å². The minimum absolute atomic E-state index is 0.151. The van der Waals surface area contributed by atoms with Crippen LogP contribution in [0.15, 0.2) is 48.5 Å². The van der Waals surface area contributed by atoms with Crippen LogP contribution in [0.1, 0.15) is 29.5 Å². The first-order valence-electron chi connectivity index (χ1n) is 9.11. The van der Waals surface area contributed by atoms with Gasteiger partial charge in [-0.15, -0.1) is 0 Å². The summed E-state index contributed by atoms with van der Waals surface area (Å²) >= 11 is 6.00. The Labute approximate surface area is 164 Å². The fourth-order valence-electron chi connectivity index (χ4n) is 3.25. The highest BCUT2D eigenvalue weighted by atomic mass is 35.5. The first-order chi connectivity index (χ1) is 13.0. The summed E-state index contributed by atoms with van der Waals surface area (Å²) in [5.41, 5.74) is 3.08. The second-order valence-electron chi connectivity index (χ2n) is 6.83. The minimum Gasteiger partial charge on any atom is -0.338 e. The molecule has 0 radical (unpaired) electrons. The molecule has 1 fully saturated rings. The molecule has 0 aliphatic carbocycles. The van der Waals surface area contributed by atoms with Crippen LogP contribution in [0.3, 0.4) is 0 Å². The topological polar surface area (TPSA) is 52.7 Å². The Morgan fingerprint density at radius 2 is 1.96 bits per heavy atom. The molecule has 2 aromatic rings. The highest BCUT2D eigenvalue weighted by Gasteiger charge is 2.21. The summed E-state index contributed by atoms with van der Waals surface area (Å²) < 4.78 is 0. The molecular weight excluding hydrogens is 362 g/mol. The van der Waals surface area contributed by atoms with Crippen molar-refractivity contribution in [2.24, 2.45) is 0 Å². The van der Waals surface area contributed by atoms with Crippen LogP contribution in [0.4, 0.5) is 4.79 Å². The lowest BCUT2D eigenvalue weighted by Crippen LogP contribution is -2.36. The fourth-order valence-corrected chi connectivity index (χ4v) is 3.46. The molecule has 3 amide bonds. The molecule has 0 unspecified atom stereocenters. The number of hydrogen-bond donors (Lipinski definition) is 1. The summed E-state index contributed by atoms with van der Waals surface area (Å²) in [5.74, 6) is 0.204. The molecule has 142 valence electrons. The number of hydrogen-bond acceptors (Lipinski definition) is 2. The van der Waals surface area contributed by atoms with Crippen molar-refractivity contribution in [3.8, 4) is 0 Å². The summed E-state index contributed by atoms with van der Waals surface area (Å²) in [5, 5.41) is 3.62. The molecule has 6 heteroatoms. The highest BCUT2D eigenvalue weighted by Crippen LogP contribution is 2.17. The first-order valence-corrected chi connectivity index (χ1v) is 9.48. The van der Waals surface area contributed by atoms with Crippen molar-refractivity contribution in [2.75, 3.05) is 13.6 Å². The molecule has 0 spiro atoms. The Balaban J connectivity index is 1.57. The van der Waals surface area contributed by atoms with Gasteiger partial charge in [0.05, 0.1) is 0 Å². The van der Waals surface area contributed by atoms with Crippen LogP contribution in [-0.4, -0.2) is 35.3 Å². The molecular formula is C21H24ClN3O2. The quantitative estimate of drug-likeness (QED) is 0.822. The second-order valence-corrected chi connectivity index (χ2v) is 7.27. The number of nitrogens with one attached hydrogen (secondary N) is 1.